The molecular formula is C15H2F16O2. The van der Waals surface area contributed by atoms with Crippen LogP contribution in [0.15, 0.2) is 6.08 Å². The van der Waals surface area contributed by atoms with Gasteiger partial charge in [0.25, 0.3) is 0 Å². The van der Waals surface area contributed by atoms with Crippen molar-refractivity contribution < 1.29 is 80.1 Å². The summed E-state index contributed by atoms with van der Waals surface area (Å²) >= 11 is 0. The highest BCUT2D eigenvalue weighted by molar-refractivity contribution is 6.03. The third-order valence-electron chi connectivity index (χ3n) is 4.52. The highest BCUT2D eigenvalue weighted by Crippen LogP contribution is 2.69. The van der Waals surface area contributed by atoms with Crippen molar-refractivity contribution in [3.05, 3.63) is 40.7 Å². The Morgan fingerprint density at radius 2 is 0.818 bits per heavy atom. The van der Waals surface area contributed by atoms with Gasteiger partial charge in [0, 0.05) is 6.08 Å². The van der Waals surface area contributed by atoms with E-state index in [1.807, 2.05) is 0 Å². The maximum Gasteiger partial charge on any atom is 0.384 e. The van der Waals surface area contributed by atoms with Gasteiger partial charge in [0.15, 0.2) is 23.3 Å². The molecule has 0 saturated heterocycles. The molecule has 1 saturated carbocycles. The van der Waals surface area contributed by atoms with Gasteiger partial charge in [-0.1, -0.05) is 0 Å². The Balaban J connectivity index is 2.84. The Bertz CT molecular complexity index is 997. The lowest BCUT2D eigenvalue weighted by Gasteiger charge is -2.51. The Morgan fingerprint density at radius 3 is 1.15 bits per heavy atom. The lowest BCUT2D eigenvalue weighted by atomic mass is 9.70. The van der Waals surface area contributed by atoms with E-state index in [0.29, 0.717) is 0 Å². The Kier molecular flexibility index (Phi) is 5.56. The number of hydrogen-bond acceptors (Lipinski definition) is 2. The molecule has 1 aliphatic carbocycles. The highest BCUT2D eigenvalue weighted by Gasteiger charge is 3.02. The van der Waals surface area contributed by atoms with Crippen LogP contribution in [0.4, 0.5) is 70.2 Å². The van der Waals surface area contributed by atoms with E-state index in [9.17, 15) is 80.1 Å². The zero-order valence-corrected chi connectivity index (χ0v) is 14.5. The monoisotopic (exact) mass is 518 g/mol. The fraction of sp³-hybridized carbons (Fsp3) is 0.400. The third-order valence-corrected chi connectivity index (χ3v) is 4.52. The molecule has 1 aromatic rings. The van der Waals surface area contributed by atoms with Crippen LogP contribution < -0.4 is 0 Å². The molecule has 0 unspecified atom stereocenters. The van der Waals surface area contributed by atoms with Crippen LogP contribution in [0.2, 0.25) is 0 Å². The second-order valence-corrected chi connectivity index (χ2v) is 6.37. The van der Waals surface area contributed by atoms with E-state index >= 15 is 0 Å². The van der Waals surface area contributed by atoms with Gasteiger partial charge in [-0.05, 0) is 0 Å². The summed E-state index contributed by atoms with van der Waals surface area (Å²) < 4.78 is 215. The highest BCUT2D eigenvalue weighted by atomic mass is 19.4. The standard InChI is InChI=1S/C15H2F16O2/c16-5-4(6(17)8(19)9(20)7(5)18)2(32)1-3(33)10(21)11(22,23)13(26,27)15(30,31)14(28,29)12(10,24)25/h1,32H/b2-1-. The van der Waals surface area contributed by atoms with Gasteiger partial charge in [-0.3, -0.25) is 4.79 Å². The zero-order valence-electron chi connectivity index (χ0n) is 14.5. The minimum Gasteiger partial charge on any atom is -0.507 e. The van der Waals surface area contributed by atoms with Crippen LogP contribution in [-0.4, -0.2) is 46.2 Å². The van der Waals surface area contributed by atoms with E-state index < -0.39 is 87.5 Å². The van der Waals surface area contributed by atoms with Crippen molar-refractivity contribution in [3.63, 3.8) is 0 Å². The molecule has 0 bridgehead atoms. The van der Waals surface area contributed by atoms with Crippen molar-refractivity contribution >= 4 is 11.5 Å². The summed E-state index contributed by atoms with van der Waals surface area (Å²) in [4.78, 5) is 11.6. The summed E-state index contributed by atoms with van der Waals surface area (Å²) in [5.74, 6) is -60.5. The summed E-state index contributed by atoms with van der Waals surface area (Å²) in [6, 6.07) is 0. The lowest BCUT2D eigenvalue weighted by molar-refractivity contribution is -0.475. The summed E-state index contributed by atoms with van der Waals surface area (Å²) in [5.41, 5.74) is -10.0. The molecule has 1 aromatic carbocycles. The molecule has 0 radical (unpaired) electrons. The van der Waals surface area contributed by atoms with E-state index in [-0.39, 0.29) is 0 Å². The van der Waals surface area contributed by atoms with Crippen LogP contribution in [0, 0.1) is 29.1 Å². The first kappa shape index (κ1) is 26.6. The summed E-state index contributed by atoms with van der Waals surface area (Å²) in [6.07, 6.45) is -1.64. The van der Waals surface area contributed by atoms with E-state index in [2.05, 4.69) is 0 Å². The van der Waals surface area contributed by atoms with Gasteiger partial charge in [0.2, 0.25) is 11.6 Å². The lowest BCUT2D eigenvalue weighted by Crippen LogP contribution is -2.85. The van der Waals surface area contributed by atoms with Crippen molar-refractivity contribution in [2.24, 2.45) is 0 Å². The van der Waals surface area contributed by atoms with Crippen LogP contribution >= 0.6 is 0 Å². The Morgan fingerprint density at radius 1 is 0.545 bits per heavy atom. The molecule has 0 heterocycles. The number of carbonyl (C=O) groups is 1. The second-order valence-electron chi connectivity index (χ2n) is 6.37. The van der Waals surface area contributed by atoms with Crippen molar-refractivity contribution in [2.75, 3.05) is 0 Å². The molecule has 0 atom stereocenters. The van der Waals surface area contributed by atoms with E-state index in [0.717, 1.165) is 0 Å². The van der Waals surface area contributed by atoms with Crippen LogP contribution in [0.25, 0.3) is 5.76 Å². The number of ketones is 1. The van der Waals surface area contributed by atoms with Gasteiger partial charge in [-0.2, -0.15) is 43.9 Å². The first-order valence-corrected chi connectivity index (χ1v) is 7.53. The van der Waals surface area contributed by atoms with Gasteiger partial charge >= 0.3 is 35.3 Å². The van der Waals surface area contributed by atoms with Crippen molar-refractivity contribution in [2.45, 2.75) is 35.3 Å². The van der Waals surface area contributed by atoms with Crippen LogP contribution in [-0.2, 0) is 4.79 Å². The molecule has 2 nitrogen and oxygen atoms in total. The molecule has 33 heavy (non-hydrogen) atoms. The number of hydrogen-bond donors (Lipinski definition) is 1. The number of benzene rings is 1. The minimum atomic E-state index is -7.72. The maximum atomic E-state index is 14.5. The molecule has 1 N–H and O–H groups in total. The number of allylic oxidation sites excluding steroid dienone is 1. The number of rotatable bonds is 3. The van der Waals surface area contributed by atoms with Crippen molar-refractivity contribution in [3.8, 4) is 0 Å². The molecule has 2 rings (SSSR count). The van der Waals surface area contributed by atoms with Gasteiger partial charge in [-0.25, -0.2) is 26.3 Å². The van der Waals surface area contributed by atoms with Crippen molar-refractivity contribution in [1.82, 2.24) is 0 Å². The molecule has 0 aromatic heterocycles. The minimum absolute atomic E-state index is 1.64. The average molecular weight is 518 g/mol. The van der Waals surface area contributed by atoms with Gasteiger partial charge < -0.3 is 5.11 Å². The molecule has 0 spiro atoms. The molecule has 0 amide bonds. The second kappa shape index (κ2) is 6.91. The molecule has 1 aliphatic rings. The smallest absolute Gasteiger partial charge is 0.384 e. The Hall–Kier alpha value is -2.69. The van der Waals surface area contributed by atoms with Gasteiger partial charge in [0.05, 0.1) is 5.56 Å². The number of carbonyl (C=O) groups excluding carboxylic acids is 1. The Labute approximate surface area is 169 Å². The van der Waals surface area contributed by atoms with Crippen LogP contribution in [0.1, 0.15) is 5.56 Å². The fourth-order valence-corrected chi connectivity index (χ4v) is 2.66. The predicted octanol–water partition coefficient (Wildman–Crippen LogP) is 5.75. The summed E-state index contributed by atoms with van der Waals surface area (Å²) in [7, 11) is 0. The van der Waals surface area contributed by atoms with E-state index in [1.54, 1.807) is 0 Å². The molecule has 186 valence electrons. The maximum absolute atomic E-state index is 14.5. The molecule has 18 heteroatoms. The largest absolute Gasteiger partial charge is 0.507 e. The first-order valence-electron chi connectivity index (χ1n) is 7.53. The van der Waals surface area contributed by atoms with Crippen LogP contribution in [0.5, 0.6) is 0 Å². The topological polar surface area (TPSA) is 37.3 Å². The van der Waals surface area contributed by atoms with Gasteiger partial charge in [0.1, 0.15) is 5.76 Å². The molecule has 1 fully saturated rings. The molecule has 0 aliphatic heterocycles. The number of aliphatic hydroxyl groups is 1. The van der Waals surface area contributed by atoms with Crippen LogP contribution in [0.3, 0.4) is 0 Å². The quantitative estimate of drug-likeness (QED) is 0.182. The zero-order chi connectivity index (χ0) is 26.3. The normalized spacial score (nSPS) is 24.4. The van der Waals surface area contributed by atoms with Gasteiger partial charge in [-0.15, -0.1) is 0 Å². The fourth-order valence-electron chi connectivity index (χ4n) is 2.66. The molecular weight excluding hydrogens is 516 g/mol. The number of halogens is 16. The van der Waals surface area contributed by atoms with E-state index in [1.165, 1.54) is 0 Å². The number of aliphatic hydroxyl groups excluding tert-OH is 1. The third kappa shape index (κ3) is 2.74. The number of alkyl halides is 11. The first-order chi connectivity index (χ1) is 14.5. The average Bonchev–Trinajstić information content (AvgIpc) is 2.68. The predicted molar refractivity (Wildman–Crippen MR) is 70.4 cm³/mol. The summed E-state index contributed by atoms with van der Waals surface area (Å²) in [5, 5.41) is 9.27. The SMILES string of the molecule is O=C(/C=C(\O)c1c(F)c(F)c(F)c(F)c1F)C1(F)C(F)(F)C(F)(F)C(F)(F)C(F)(F)C1(F)F. The van der Waals surface area contributed by atoms with Crippen molar-refractivity contribution in [1.29, 1.82) is 0 Å². The van der Waals surface area contributed by atoms with E-state index in [4.69, 9.17) is 0 Å². The summed E-state index contributed by atoms with van der Waals surface area (Å²) in [6.45, 7) is 0.